The number of rotatable bonds is 4. The van der Waals surface area contributed by atoms with E-state index in [1.165, 1.54) is 22.4 Å². The van der Waals surface area contributed by atoms with E-state index in [0.29, 0.717) is 17.9 Å². The Hall–Kier alpha value is -1.79. The SMILES string of the molecule is Cc1ccc([C@H]2Nc3ccc(SOON)cc3[C@@H]3C=CC[C@H]23)cc1. The van der Waals surface area contributed by atoms with E-state index >= 15 is 0 Å². The lowest BCUT2D eigenvalue weighted by Crippen LogP contribution is -2.29. The molecule has 3 atom stereocenters. The molecule has 0 saturated carbocycles. The fourth-order valence-electron chi connectivity index (χ4n) is 3.79. The quantitative estimate of drug-likeness (QED) is 0.367. The van der Waals surface area contributed by atoms with Gasteiger partial charge >= 0.3 is 0 Å². The smallest absolute Gasteiger partial charge is 0.0702 e. The van der Waals surface area contributed by atoms with Crippen LogP contribution in [-0.2, 0) is 9.32 Å². The zero-order chi connectivity index (χ0) is 16.5. The van der Waals surface area contributed by atoms with Gasteiger partial charge in [-0.25, -0.2) is 0 Å². The summed E-state index contributed by atoms with van der Waals surface area (Å²) in [7, 11) is 0. The molecule has 4 nitrogen and oxygen atoms in total. The summed E-state index contributed by atoms with van der Waals surface area (Å²) in [6, 6.07) is 15.5. The number of hydrogen-bond acceptors (Lipinski definition) is 5. The van der Waals surface area contributed by atoms with Gasteiger partial charge in [0, 0.05) is 16.5 Å². The van der Waals surface area contributed by atoms with Crippen molar-refractivity contribution in [2.45, 2.75) is 30.2 Å². The third kappa shape index (κ3) is 2.84. The summed E-state index contributed by atoms with van der Waals surface area (Å²) in [5, 5.41) is 3.74. The van der Waals surface area contributed by atoms with Crippen LogP contribution in [0, 0.1) is 12.8 Å². The Kier molecular flexibility index (Phi) is 4.33. The number of nitrogens with one attached hydrogen (secondary N) is 1. The Morgan fingerprint density at radius 3 is 2.79 bits per heavy atom. The first-order valence-corrected chi connectivity index (χ1v) is 8.84. The molecule has 2 aliphatic rings. The van der Waals surface area contributed by atoms with Gasteiger partial charge in [-0.15, -0.1) is 9.32 Å². The molecule has 3 N–H and O–H groups in total. The third-order valence-corrected chi connectivity index (χ3v) is 5.53. The van der Waals surface area contributed by atoms with Gasteiger partial charge in [0.05, 0.1) is 18.1 Å². The monoisotopic (exact) mass is 340 g/mol. The molecule has 24 heavy (non-hydrogen) atoms. The van der Waals surface area contributed by atoms with Crippen molar-refractivity contribution in [2.24, 2.45) is 11.8 Å². The average Bonchev–Trinajstić information content (AvgIpc) is 3.10. The largest absolute Gasteiger partial charge is 0.378 e. The van der Waals surface area contributed by atoms with Crippen LogP contribution in [0.2, 0.25) is 0 Å². The molecule has 0 aromatic heterocycles. The van der Waals surface area contributed by atoms with Crippen LogP contribution in [0.1, 0.15) is 35.1 Å². The molecular weight excluding hydrogens is 320 g/mol. The average molecular weight is 340 g/mol. The fraction of sp³-hybridized carbons (Fsp3) is 0.263. The molecule has 1 aliphatic heterocycles. The molecule has 0 fully saturated rings. The summed E-state index contributed by atoms with van der Waals surface area (Å²) in [6.45, 7) is 2.12. The van der Waals surface area contributed by atoms with Crippen molar-refractivity contribution in [1.29, 1.82) is 0 Å². The van der Waals surface area contributed by atoms with Crippen LogP contribution < -0.4 is 11.2 Å². The van der Waals surface area contributed by atoms with Crippen molar-refractivity contribution < 1.29 is 9.32 Å². The second kappa shape index (κ2) is 6.61. The molecule has 0 unspecified atom stereocenters. The molecule has 0 radical (unpaired) electrons. The summed E-state index contributed by atoms with van der Waals surface area (Å²) >= 11 is 1.13. The van der Waals surface area contributed by atoms with Gasteiger partial charge in [-0.05, 0) is 48.6 Å². The molecule has 124 valence electrons. The summed E-state index contributed by atoms with van der Waals surface area (Å²) in [5.41, 5.74) is 5.14. The van der Waals surface area contributed by atoms with Crippen LogP contribution in [0.4, 0.5) is 5.69 Å². The lowest BCUT2D eigenvalue weighted by molar-refractivity contribution is -0.195. The van der Waals surface area contributed by atoms with Crippen molar-refractivity contribution in [3.63, 3.8) is 0 Å². The Morgan fingerprint density at radius 2 is 2.00 bits per heavy atom. The molecule has 0 saturated heterocycles. The highest BCUT2D eigenvalue weighted by atomic mass is 32.2. The Balaban J connectivity index is 1.68. The number of hydrogen-bond donors (Lipinski definition) is 2. The van der Waals surface area contributed by atoms with Gasteiger partial charge in [0.2, 0.25) is 0 Å². The van der Waals surface area contributed by atoms with E-state index in [2.05, 4.69) is 65.8 Å². The van der Waals surface area contributed by atoms with E-state index in [4.69, 9.17) is 10.2 Å². The maximum Gasteiger partial charge on any atom is 0.0702 e. The van der Waals surface area contributed by atoms with E-state index in [0.717, 1.165) is 23.4 Å². The van der Waals surface area contributed by atoms with Crippen molar-refractivity contribution in [2.75, 3.05) is 5.32 Å². The third-order valence-electron chi connectivity index (χ3n) is 4.94. The molecule has 5 heteroatoms. The van der Waals surface area contributed by atoms with Crippen LogP contribution >= 0.6 is 12.0 Å². The molecular formula is C19H20N2O2S. The minimum atomic E-state index is 0.334. The lowest BCUT2D eigenvalue weighted by atomic mass is 9.77. The summed E-state index contributed by atoms with van der Waals surface area (Å²) in [6.07, 6.45) is 5.72. The standard InChI is InChI=1S/C19H20N2O2S/c1-12-5-7-13(8-6-12)19-16-4-2-3-15(16)17-11-14(24-23-22-20)9-10-18(17)21-19/h2-3,5-11,15-16,19,21H,4,20H2,1H3/t15-,16+,19-/m1/s1. The van der Waals surface area contributed by atoms with Crippen molar-refractivity contribution in [3.05, 3.63) is 71.3 Å². The van der Waals surface area contributed by atoms with Crippen LogP contribution in [0.25, 0.3) is 0 Å². The van der Waals surface area contributed by atoms with Crippen LogP contribution in [0.5, 0.6) is 0 Å². The summed E-state index contributed by atoms with van der Waals surface area (Å²) < 4.78 is 4.78. The minimum Gasteiger partial charge on any atom is -0.378 e. The van der Waals surface area contributed by atoms with Crippen molar-refractivity contribution in [3.8, 4) is 0 Å². The number of aryl methyl sites for hydroxylation is 1. The van der Waals surface area contributed by atoms with Crippen molar-refractivity contribution >= 4 is 17.7 Å². The molecule has 1 aliphatic carbocycles. The highest BCUT2D eigenvalue weighted by molar-refractivity contribution is 7.94. The fourth-order valence-corrected chi connectivity index (χ4v) is 4.20. The number of fused-ring (bicyclic) bond motifs is 3. The summed E-state index contributed by atoms with van der Waals surface area (Å²) in [4.78, 5) is 5.17. The maximum absolute atomic E-state index is 4.93. The number of nitrogens with two attached hydrogens (primary N) is 1. The van der Waals surface area contributed by atoms with Crippen LogP contribution in [0.15, 0.2) is 59.5 Å². The predicted octanol–water partition coefficient (Wildman–Crippen LogP) is 4.65. The van der Waals surface area contributed by atoms with E-state index < -0.39 is 0 Å². The second-order valence-electron chi connectivity index (χ2n) is 6.38. The molecule has 0 spiro atoms. The first-order chi connectivity index (χ1) is 11.8. The highest BCUT2D eigenvalue weighted by Gasteiger charge is 2.37. The van der Waals surface area contributed by atoms with Gasteiger partial charge in [-0.3, -0.25) is 0 Å². The molecule has 0 amide bonds. The molecule has 4 rings (SSSR count). The van der Waals surface area contributed by atoms with E-state index in [-0.39, 0.29) is 0 Å². The highest BCUT2D eigenvalue weighted by Crippen LogP contribution is 2.50. The Labute approximate surface area is 146 Å². The second-order valence-corrected chi connectivity index (χ2v) is 7.16. The molecule has 1 heterocycles. The zero-order valence-corrected chi connectivity index (χ0v) is 14.3. The van der Waals surface area contributed by atoms with E-state index in [9.17, 15) is 0 Å². The normalized spacial score (nSPS) is 24.3. The lowest BCUT2D eigenvalue weighted by Gasteiger charge is -2.37. The number of benzene rings is 2. The predicted molar refractivity (Wildman–Crippen MR) is 96.2 cm³/mol. The molecule has 0 bridgehead atoms. The van der Waals surface area contributed by atoms with Gasteiger partial charge in [0.1, 0.15) is 0 Å². The first kappa shape index (κ1) is 15.7. The van der Waals surface area contributed by atoms with Gasteiger partial charge < -0.3 is 5.32 Å². The number of allylic oxidation sites excluding steroid dienone is 2. The first-order valence-electron chi connectivity index (χ1n) is 8.10. The van der Waals surface area contributed by atoms with Gasteiger partial charge in [-0.2, -0.15) is 5.90 Å². The molecule has 2 aromatic carbocycles. The van der Waals surface area contributed by atoms with Gasteiger partial charge in [0.25, 0.3) is 0 Å². The summed E-state index contributed by atoms with van der Waals surface area (Å²) in [5.74, 6) is 5.88. The Morgan fingerprint density at radius 1 is 1.17 bits per heavy atom. The molecule has 2 aromatic rings. The minimum absolute atomic E-state index is 0.334. The number of anilines is 1. The maximum atomic E-state index is 4.93. The Bertz CT molecular complexity index is 760. The van der Waals surface area contributed by atoms with Crippen molar-refractivity contribution in [1.82, 2.24) is 0 Å². The topological polar surface area (TPSA) is 56.5 Å². The van der Waals surface area contributed by atoms with E-state index in [1.54, 1.807) is 0 Å². The van der Waals surface area contributed by atoms with Crippen LogP contribution in [-0.4, -0.2) is 0 Å². The van der Waals surface area contributed by atoms with Gasteiger partial charge in [-0.1, -0.05) is 42.0 Å². The zero-order valence-electron chi connectivity index (χ0n) is 13.4. The van der Waals surface area contributed by atoms with Crippen LogP contribution in [0.3, 0.4) is 0 Å². The van der Waals surface area contributed by atoms with Gasteiger partial charge in [0.15, 0.2) is 0 Å². The van der Waals surface area contributed by atoms with E-state index in [1.807, 2.05) is 6.07 Å².